The first kappa shape index (κ1) is 16.3. The minimum Gasteiger partial charge on any atom is -0.496 e. The molecule has 0 aliphatic heterocycles. The average Bonchev–Trinajstić information content (AvgIpc) is 3.22. The Hall–Kier alpha value is -2.61. The van der Waals surface area contributed by atoms with Crippen molar-refractivity contribution in [1.82, 2.24) is 14.8 Å². The molecule has 0 saturated carbocycles. The van der Waals surface area contributed by atoms with Crippen LogP contribution in [0.3, 0.4) is 0 Å². The Morgan fingerprint density at radius 3 is 2.92 bits per heavy atom. The molecule has 0 atom stereocenters. The molecular formula is C16H14FN3O3S. The third-order valence-corrected chi connectivity index (χ3v) is 4.39. The van der Waals surface area contributed by atoms with Gasteiger partial charge in [-0.05, 0) is 30.3 Å². The molecule has 0 unspecified atom stereocenters. The molecule has 0 bridgehead atoms. The lowest BCUT2D eigenvalue weighted by Gasteiger charge is -2.07. The summed E-state index contributed by atoms with van der Waals surface area (Å²) in [6, 6.07) is 7.40. The maximum absolute atomic E-state index is 13.4. The monoisotopic (exact) mass is 347 g/mol. The first-order valence-corrected chi connectivity index (χ1v) is 8.01. The van der Waals surface area contributed by atoms with Gasteiger partial charge in [0.2, 0.25) is 0 Å². The molecule has 2 heterocycles. The number of thioether (sulfide) groups is 1. The molecule has 0 N–H and O–H groups in total. The van der Waals surface area contributed by atoms with Crippen molar-refractivity contribution in [2.45, 2.75) is 5.16 Å². The number of nitrogens with zero attached hydrogens (tertiary/aromatic N) is 3. The summed E-state index contributed by atoms with van der Waals surface area (Å²) < 4.78 is 25.5. The largest absolute Gasteiger partial charge is 0.496 e. The Morgan fingerprint density at radius 1 is 1.38 bits per heavy atom. The van der Waals surface area contributed by atoms with Crippen molar-refractivity contribution in [3.05, 3.63) is 48.0 Å². The van der Waals surface area contributed by atoms with Crippen LogP contribution in [0.15, 0.2) is 46.2 Å². The molecule has 3 rings (SSSR count). The molecule has 0 spiro atoms. The van der Waals surface area contributed by atoms with E-state index in [1.54, 1.807) is 30.0 Å². The molecular weight excluding hydrogens is 333 g/mol. The maximum atomic E-state index is 13.4. The van der Waals surface area contributed by atoms with Gasteiger partial charge in [-0.25, -0.2) is 4.39 Å². The molecule has 0 radical (unpaired) electrons. The first-order valence-electron chi connectivity index (χ1n) is 7.03. The summed E-state index contributed by atoms with van der Waals surface area (Å²) in [5.74, 6) is 0.857. The van der Waals surface area contributed by atoms with Crippen LogP contribution >= 0.6 is 11.8 Å². The lowest BCUT2D eigenvalue weighted by Crippen LogP contribution is -2.06. The van der Waals surface area contributed by atoms with E-state index in [2.05, 4.69) is 10.2 Å². The van der Waals surface area contributed by atoms with Crippen LogP contribution in [0, 0.1) is 5.82 Å². The van der Waals surface area contributed by atoms with E-state index in [-0.39, 0.29) is 17.1 Å². The second-order valence-corrected chi connectivity index (χ2v) is 5.84. The van der Waals surface area contributed by atoms with Gasteiger partial charge in [0.15, 0.2) is 22.5 Å². The Morgan fingerprint density at radius 2 is 2.21 bits per heavy atom. The predicted molar refractivity (Wildman–Crippen MR) is 86.7 cm³/mol. The molecule has 6 nitrogen and oxygen atoms in total. The lowest BCUT2D eigenvalue weighted by molar-refractivity contribution is 0.101. The fourth-order valence-electron chi connectivity index (χ4n) is 2.17. The fraction of sp³-hybridized carbons (Fsp3) is 0.188. The number of furan rings is 1. The number of hydrogen-bond acceptors (Lipinski definition) is 6. The van der Waals surface area contributed by atoms with Crippen molar-refractivity contribution in [3.8, 4) is 17.3 Å². The third-order valence-electron chi connectivity index (χ3n) is 3.37. The van der Waals surface area contributed by atoms with Crippen molar-refractivity contribution in [2.75, 3.05) is 12.9 Å². The number of Topliss-reactive ketones (excluding diaryl/α,β-unsaturated/α-hetero) is 1. The number of aromatic nitrogens is 3. The van der Waals surface area contributed by atoms with Gasteiger partial charge in [-0.15, -0.1) is 10.2 Å². The van der Waals surface area contributed by atoms with Gasteiger partial charge < -0.3 is 13.7 Å². The Bertz CT molecular complexity index is 862. The second-order valence-electron chi connectivity index (χ2n) is 4.90. The van der Waals surface area contributed by atoms with E-state index in [0.717, 1.165) is 0 Å². The van der Waals surface area contributed by atoms with Crippen LogP contribution < -0.4 is 4.74 Å². The standard InChI is InChI=1S/C16H14FN3O3S/c1-20-15(14-4-3-7-23-14)18-19-16(20)24-9-12(21)11-8-10(17)5-6-13(11)22-2/h3-8H,9H2,1-2H3. The number of rotatable bonds is 6. The summed E-state index contributed by atoms with van der Waals surface area (Å²) in [7, 11) is 3.23. The highest BCUT2D eigenvalue weighted by Gasteiger charge is 2.17. The van der Waals surface area contributed by atoms with Gasteiger partial charge in [0.05, 0.1) is 24.7 Å². The SMILES string of the molecule is COc1ccc(F)cc1C(=O)CSc1nnc(-c2ccco2)n1C. The number of benzene rings is 1. The highest BCUT2D eigenvalue weighted by atomic mass is 32.2. The molecule has 0 fully saturated rings. The topological polar surface area (TPSA) is 70.2 Å². The van der Waals surface area contributed by atoms with Crippen molar-refractivity contribution >= 4 is 17.5 Å². The van der Waals surface area contributed by atoms with Gasteiger partial charge in [-0.1, -0.05) is 11.8 Å². The summed E-state index contributed by atoms with van der Waals surface area (Å²) in [5.41, 5.74) is 0.207. The predicted octanol–water partition coefficient (Wildman–Crippen LogP) is 3.20. The molecule has 1 aromatic carbocycles. The summed E-state index contributed by atoms with van der Waals surface area (Å²) in [6.45, 7) is 0. The van der Waals surface area contributed by atoms with Crippen LogP contribution in [0.25, 0.3) is 11.6 Å². The van der Waals surface area contributed by atoms with E-state index in [0.29, 0.717) is 22.5 Å². The molecule has 0 amide bonds. The number of carbonyl (C=O) groups excluding carboxylic acids is 1. The van der Waals surface area contributed by atoms with Crippen LogP contribution in [-0.4, -0.2) is 33.4 Å². The highest BCUT2D eigenvalue weighted by Crippen LogP contribution is 2.25. The summed E-state index contributed by atoms with van der Waals surface area (Å²) >= 11 is 1.21. The van der Waals surface area contributed by atoms with Crippen LogP contribution in [0.5, 0.6) is 5.75 Å². The van der Waals surface area contributed by atoms with Gasteiger partial charge in [0.1, 0.15) is 11.6 Å². The number of hydrogen-bond donors (Lipinski definition) is 0. The molecule has 0 aliphatic rings. The maximum Gasteiger partial charge on any atom is 0.200 e. The Labute approximate surface area is 141 Å². The molecule has 124 valence electrons. The zero-order valence-electron chi connectivity index (χ0n) is 13.0. The third kappa shape index (κ3) is 3.18. The number of ketones is 1. The molecule has 0 saturated heterocycles. The van der Waals surface area contributed by atoms with Gasteiger partial charge >= 0.3 is 0 Å². The summed E-state index contributed by atoms with van der Waals surface area (Å²) in [4.78, 5) is 12.4. The second kappa shape index (κ2) is 6.88. The van der Waals surface area contributed by atoms with Crippen LogP contribution in [0.4, 0.5) is 4.39 Å². The van der Waals surface area contributed by atoms with E-state index in [9.17, 15) is 9.18 Å². The normalized spacial score (nSPS) is 10.8. The smallest absolute Gasteiger partial charge is 0.200 e. The van der Waals surface area contributed by atoms with Crippen LogP contribution in [0.1, 0.15) is 10.4 Å². The lowest BCUT2D eigenvalue weighted by atomic mass is 10.1. The Kier molecular flexibility index (Phi) is 4.66. The quantitative estimate of drug-likeness (QED) is 0.504. The minimum atomic E-state index is -0.483. The van der Waals surface area contributed by atoms with Crippen molar-refractivity contribution in [2.24, 2.45) is 7.05 Å². The molecule has 3 aromatic rings. The molecule has 2 aromatic heterocycles. The minimum absolute atomic E-state index is 0.0872. The zero-order chi connectivity index (χ0) is 17.1. The molecule has 0 aliphatic carbocycles. The summed E-state index contributed by atoms with van der Waals surface area (Å²) in [6.07, 6.45) is 1.55. The van der Waals surface area contributed by atoms with Gasteiger partial charge in [0.25, 0.3) is 0 Å². The van der Waals surface area contributed by atoms with E-state index in [4.69, 9.17) is 9.15 Å². The van der Waals surface area contributed by atoms with Crippen molar-refractivity contribution in [1.29, 1.82) is 0 Å². The van der Waals surface area contributed by atoms with E-state index in [1.165, 1.54) is 37.1 Å². The average molecular weight is 347 g/mol. The zero-order valence-corrected chi connectivity index (χ0v) is 13.8. The van der Waals surface area contributed by atoms with E-state index in [1.807, 2.05) is 0 Å². The molecule has 24 heavy (non-hydrogen) atoms. The Balaban J connectivity index is 1.75. The van der Waals surface area contributed by atoms with Crippen LogP contribution in [-0.2, 0) is 7.05 Å². The fourth-order valence-corrected chi connectivity index (χ4v) is 2.96. The van der Waals surface area contributed by atoms with Crippen LogP contribution in [0.2, 0.25) is 0 Å². The van der Waals surface area contributed by atoms with Gasteiger partial charge in [-0.2, -0.15) is 0 Å². The van der Waals surface area contributed by atoms with Gasteiger partial charge in [0, 0.05) is 7.05 Å². The van der Waals surface area contributed by atoms with E-state index >= 15 is 0 Å². The number of carbonyl (C=O) groups is 1. The van der Waals surface area contributed by atoms with Crippen molar-refractivity contribution in [3.63, 3.8) is 0 Å². The summed E-state index contributed by atoms with van der Waals surface area (Å²) in [5, 5.41) is 8.68. The van der Waals surface area contributed by atoms with Crippen molar-refractivity contribution < 1.29 is 18.3 Å². The number of methoxy groups -OCH3 is 1. The first-order chi connectivity index (χ1) is 11.6. The number of ether oxygens (including phenoxy) is 1. The van der Waals surface area contributed by atoms with E-state index < -0.39 is 5.82 Å². The number of halogens is 1. The molecule has 8 heteroatoms. The van der Waals surface area contributed by atoms with Gasteiger partial charge in [-0.3, -0.25) is 4.79 Å². The highest BCUT2D eigenvalue weighted by molar-refractivity contribution is 7.99.